The zero-order valence-corrected chi connectivity index (χ0v) is 16.0. The molecule has 0 aliphatic rings. The summed E-state index contributed by atoms with van der Waals surface area (Å²) in [6.45, 7) is 7.32. The Morgan fingerprint density at radius 2 is 1.91 bits per heavy atom. The van der Waals surface area contributed by atoms with Crippen LogP contribution in [0.2, 0.25) is 0 Å². The number of rotatable bonds is 5. The van der Waals surface area contributed by atoms with Gasteiger partial charge >= 0.3 is 0 Å². The number of nitrogens with one attached hydrogen (secondary N) is 2. The first-order valence-corrected chi connectivity index (χ1v) is 7.47. The number of phenolic OH excluding ortho intramolecular Hbond substituents is 1. The lowest BCUT2D eigenvalue weighted by Gasteiger charge is -2.16. The number of guanidine groups is 1. The maximum Gasteiger partial charge on any atom is 0.192 e. The molecule has 5 nitrogen and oxygen atoms in total. The van der Waals surface area contributed by atoms with E-state index >= 15 is 0 Å². The van der Waals surface area contributed by atoms with Gasteiger partial charge in [0, 0.05) is 6.54 Å². The molecule has 0 aliphatic heterocycles. The quantitative estimate of drug-likeness (QED) is 0.385. The van der Waals surface area contributed by atoms with Gasteiger partial charge < -0.3 is 20.2 Å². The highest BCUT2D eigenvalue weighted by Gasteiger charge is 2.11. The van der Waals surface area contributed by atoms with E-state index in [-0.39, 0.29) is 35.8 Å². The summed E-state index contributed by atoms with van der Waals surface area (Å²) < 4.78 is 5.63. The number of nitrogens with zero attached hydrogens (tertiary/aromatic N) is 1. The van der Waals surface area contributed by atoms with E-state index in [9.17, 15) is 5.11 Å². The lowest BCUT2D eigenvalue weighted by Crippen LogP contribution is -2.38. The van der Waals surface area contributed by atoms with Crippen molar-refractivity contribution in [2.24, 2.45) is 4.99 Å². The summed E-state index contributed by atoms with van der Waals surface area (Å²) in [4.78, 5) is 4.56. The van der Waals surface area contributed by atoms with Crippen LogP contribution in [0, 0.1) is 6.92 Å². The molecule has 3 N–H and O–H groups in total. The molecule has 1 aromatic carbocycles. The van der Waals surface area contributed by atoms with Gasteiger partial charge in [0.2, 0.25) is 0 Å². The molecule has 0 spiro atoms. The Balaban J connectivity index is 0.00000264. The summed E-state index contributed by atoms with van der Waals surface area (Å²) in [6, 6.07) is 11.0. The molecule has 23 heavy (non-hydrogen) atoms. The number of halogens is 1. The van der Waals surface area contributed by atoms with Gasteiger partial charge in [0.1, 0.15) is 17.3 Å². The van der Waals surface area contributed by atoms with Crippen molar-refractivity contribution in [3.05, 3.63) is 53.5 Å². The maximum absolute atomic E-state index is 9.29. The van der Waals surface area contributed by atoms with E-state index in [4.69, 9.17) is 4.42 Å². The van der Waals surface area contributed by atoms with E-state index in [0.717, 1.165) is 29.6 Å². The van der Waals surface area contributed by atoms with Crippen molar-refractivity contribution in [2.45, 2.75) is 33.4 Å². The molecule has 0 amide bonds. The summed E-state index contributed by atoms with van der Waals surface area (Å²) in [5.41, 5.74) is 1.04. The molecular formula is C17H24IN3O2. The van der Waals surface area contributed by atoms with Crippen LogP contribution < -0.4 is 10.6 Å². The van der Waals surface area contributed by atoms with Gasteiger partial charge in [0.05, 0.1) is 12.6 Å². The molecule has 0 saturated heterocycles. The van der Waals surface area contributed by atoms with E-state index in [1.165, 1.54) is 0 Å². The first-order chi connectivity index (χ1) is 10.6. The number of aromatic hydroxyl groups is 1. The fraction of sp³-hybridized carbons (Fsp3) is 0.353. The fourth-order valence-electron chi connectivity index (χ4n) is 2.05. The molecule has 0 radical (unpaired) electrons. The molecule has 1 unspecified atom stereocenters. The Morgan fingerprint density at radius 3 is 2.48 bits per heavy atom. The topological polar surface area (TPSA) is 69.8 Å². The number of phenols is 1. The smallest absolute Gasteiger partial charge is 0.192 e. The van der Waals surface area contributed by atoms with Crippen molar-refractivity contribution in [2.75, 3.05) is 6.54 Å². The van der Waals surface area contributed by atoms with Crippen LogP contribution in [0.3, 0.4) is 0 Å². The Labute approximate surface area is 154 Å². The third-order valence-electron chi connectivity index (χ3n) is 3.24. The van der Waals surface area contributed by atoms with Gasteiger partial charge in [-0.1, -0.05) is 12.1 Å². The SMILES string of the molecule is CCNC(=NCc1ccc(O)cc1)NC(C)c1ccc(C)o1.I. The van der Waals surface area contributed by atoms with Gasteiger partial charge in [-0.05, 0) is 50.6 Å². The maximum atomic E-state index is 9.29. The van der Waals surface area contributed by atoms with Crippen molar-refractivity contribution in [1.29, 1.82) is 0 Å². The second kappa shape index (κ2) is 9.44. The summed E-state index contributed by atoms with van der Waals surface area (Å²) >= 11 is 0. The molecule has 0 aliphatic carbocycles. The first-order valence-electron chi connectivity index (χ1n) is 7.47. The minimum absolute atomic E-state index is 0. The summed E-state index contributed by atoms with van der Waals surface area (Å²) in [5, 5.41) is 15.8. The Kier molecular flexibility index (Phi) is 7.94. The van der Waals surface area contributed by atoms with Crippen molar-refractivity contribution in [3.8, 4) is 5.75 Å². The van der Waals surface area contributed by atoms with Gasteiger partial charge in [0.15, 0.2) is 5.96 Å². The number of aliphatic imine (C=N–C) groups is 1. The van der Waals surface area contributed by atoms with Crippen LogP contribution >= 0.6 is 24.0 Å². The third-order valence-corrected chi connectivity index (χ3v) is 3.24. The van der Waals surface area contributed by atoms with Crippen molar-refractivity contribution in [1.82, 2.24) is 10.6 Å². The zero-order valence-electron chi connectivity index (χ0n) is 13.7. The Bertz CT molecular complexity index is 623. The molecule has 0 saturated carbocycles. The fourth-order valence-corrected chi connectivity index (χ4v) is 2.05. The molecule has 126 valence electrons. The first kappa shape index (κ1) is 19.3. The van der Waals surface area contributed by atoms with Crippen LogP contribution in [0.15, 0.2) is 45.8 Å². The number of hydrogen-bond donors (Lipinski definition) is 3. The van der Waals surface area contributed by atoms with Crippen LogP contribution in [-0.2, 0) is 6.54 Å². The highest BCUT2D eigenvalue weighted by atomic mass is 127. The lowest BCUT2D eigenvalue weighted by molar-refractivity contribution is 0.441. The average molecular weight is 429 g/mol. The second-order valence-corrected chi connectivity index (χ2v) is 5.18. The molecule has 6 heteroatoms. The van der Waals surface area contributed by atoms with Gasteiger partial charge in [0.25, 0.3) is 0 Å². The van der Waals surface area contributed by atoms with Gasteiger partial charge in [-0.2, -0.15) is 0 Å². The molecular weight excluding hydrogens is 405 g/mol. The Hall–Kier alpha value is -1.70. The highest BCUT2D eigenvalue weighted by molar-refractivity contribution is 14.0. The Morgan fingerprint density at radius 1 is 1.22 bits per heavy atom. The van der Waals surface area contributed by atoms with E-state index < -0.39 is 0 Å². The molecule has 1 aromatic heterocycles. The average Bonchev–Trinajstić information content (AvgIpc) is 2.93. The van der Waals surface area contributed by atoms with Gasteiger partial charge in [-0.15, -0.1) is 24.0 Å². The van der Waals surface area contributed by atoms with Gasteiger partial charge in [-0.3, -0.25) is 0 Å². The van der Waals surface area contributed by atoms with Crippen LogP contribution in [-0.4, -0.2) is 17.6 Å². The molecule has 1 heterocycles. The third kappa shape index (κ3) is 6.13. The molecule has 1 atom stereocenters. The van der Waals surface area contributed by atoms with Crippen LogP contribution in [0.1, 0.15) is 37.0 Å². The van der Waals surface area contributed by atoms with Crippen molar-refractivity contribution >= 4 is 29.9 Å². The molecule has 0 fully saturated rings. The second-order valence-electron chi connectivity index (χ2n) is 5.18. The molecule has 0 bridgehead atoms. The summed E-state index contributed by atoms with van der Waals surface area (Å²) in [6.07, 6.45) is 0. The monoisotopic (exact) mass is 429 g/mol. The van der Waals surface area contributed by atoms with E-state index in [1.807, 2.05) is 45.0 Å². The minimum Gasteiger partial charge on any atom is -0.508 e. The van der Waals surface area contributed by atoms with Crippen LogP contribution in [0.4, 0.5) is 0 Å². The zero-order chi connectivity index (χ0) is 15.9. The van der Waals surface area contributed by atoms with Crippen LogP contribution in [0.5, 0.6) is 5.75 Å². The van der Waals surface area contributed by atoms with E-state index in [2.05, 4.69) is 15.6 Å². The summed E-state index contributed by atoms with van der Waals surface area (Å²) in [5.74, 6) is 2.78. The molecule has 2 aromatic rings. The normalized spacial score (nSPS) is 12.4. The number of aryl methyl sites for hydroxylation is 1. The largest absolute Gasteiger partial charge is 0.508 e. The number of hydrogen-bond acceptors (Lipinski definition) is 3. The summed E-state index contributed by atoms with van der Waals surface area (Å²) in [7, 11) is 0. The predicted octanol–water partition coefficient (Wildman–Crippen LogP) is 3.73. The van der Waals surface area contributed by atoms with Crippen LogP contribution in [0.25, 0.3) is 0 Å². The van der Waals surface area contributed by atoms with Crippen molar-refractivity contribution < 1.29 is 9.52 Å². The highest BCUT2D eigenvalue weighted by Crippen LogP contribution is 2.15. The predicted molar refractivity (Wildman–Crippen MR) is 103 cm³/mol. The van der Waals surface area contributed by atoms with E-state index in [0.29, 0.717) is 6.54 Å². The van der Waals surface area contributed by atoms with Crippen molar-refractivity contribution in [3.63, 3.8) is 0 Å². The minimum atomic E-state index is 0. The number of benzene rings is 1. The lowest BCUT2D eigenvalue weighted by atomic mass is 10.2. The van der Waals surface area contributed by atoms with E-state index in [1.54, 1.807) is 12.1 Å². The van der Waals surface area contributed by atoms with Gasteiger partial charge in [-0.25, -0.2) is 4.99 Å². The standard InChI is InChI=1S/C17H23N3O2.HI/c1-4-18-17(19-11-14-6-8-15(21)9-7-14)20-13(3)16-10-5-12(2)22-16;/h5-10,13,21H,4,11H2,1-3H3,(H2,18,19,20);1H. The molecule has 2 rings (SSSR count). The number of furan rings is 1.